The maximum Gasteiger partial charge on any atom is 0.416 e. The molecule has 0 saturated carbocycles. The van der Waals surface area contributed by atoms with Crippen molar-refractivity contribution in [2.75, 3.05) is 7.05 Å². The van der Waals surface area contributed by atoms with Crippen LogP contribution in [0.2, 0.25) is 0 Å². The molecule has 9 heteroatoms. The molecule has 30 heavy (non-hydrogen) atoms. The number of benzene rings is 1. The standard InChI is InChI=1S/C21H23F3N6/c1-14-10-15(2)30(29-14)18-8-7-16(19(11-18)21(22,23)24)12-27-20(25-3)28-13-17-6-4-5-9-26-17/h4-11H,12-13H2,1-3H3,(H2,25,27,28). The molecule has 3 rings (SSSR count). The monoisotopic (exact) mass is 416 g/mol. The van der Waals surface area contributed by atoms with Gasteiger partial charge in [0.25, 0.3) is 0 Å². The van der Waals surface area contributed by atoms with Gasteiger partial charge in [0.1, 0.15) is 0 Å². The van der Waals surface area contributed by atoms with Crippen molar-refractivity contribution in [3.8, 4) is 5.69 Å². The molecule has 0 unspecified atom stereocenters. The van der Waals surface area contributed by atoms with E-state index in [2.05, 4.69) is 25.7 Å². The van der Waals surface area contributed by atoms with Gasteiger partial charge in [0.2, 0.25) is 0 Å². The highest BCUT2D eigenvalue weighted by Gasteiger charge is 2.33. The van der Waals surface area contributed by atoms with E-state index < -0.39 is 11.7 Å². The number of nitrogens with zero attached hydrogens (tertiary/aromatic N) is 4. The van der Waals surface area contributed by atoms with E-state index in [-0.39, 0.29) is 12.1 Å². The zero-order valence-corrected chi connectivity index (χ0v) is 17.0. The number of hydrogen-bond donors (Lipinski definition) is 2. The number of aliphatic imine (C=N–C) groups is 1. The first-order valence-electron chi connectivity index (χ1n) is 9.36. The molecule has 0 aliphatic rings. The Labute approximate surface area is 172 Å². The molecule has 0 aliphatic carbocycles. The lowest BCUT2D eigenvalue weighted by Crippen LogP contribution is -2.37. The van der Waals surface area contributed by atoms with Crippen LogP contribution >= 0.6 is 0 Å². The van der Waals surface area contributed by atoms with E-state index in [4.69, 9.17) is 0 Å². The summed E-state index contributed by atoms with van der Waals surface area (Å²) in [6, 6.07) is 11.6. The maximum atomic E-state index is 13.7. The minimum absolute atomic E-state index is 0.0336. The number of aryl methyl sites for hydroxylation is 2. The zero-order chi connectivity index (χ0) is 21.7. The van der Waals surface area contributed by atoms with Gasteiger partial charge in [-0.2, -0.15) is 18.3 Å². The van der Waals surface area contributed by atoms with Crippen LogP contribution in [-0.2, 0) is 19.3 Å². The second kappa shape index (κ2) is 8.98. The van der Waals surface area contributed by atoms with E-state index in [9.17, 15) is 13.2 Å². The smallest absolute Gasteiger partial charge is 0.352 e. The highest BCUT2D eigenvalue weighted by atomic mass is 19.4. The van der Waals surface area contributed by atoms with Crippen molar-refractivity contribution >= 4 is 5.96 Å². The van der Waals surface area contributed by atoms with Gasteiger partial charge < -0.3 is 10.6 Å². The highest BCUT2D eigenvalue weighted by molar-refractivity contribution is 5.79. The minimum Gasteiger partial charge on any atom is -0.352 e. The molecule has 1 aromatic carbocycles. The third-order valence-electron chi connectivity index (χ3n) is 4.49. The van der Waals surface area contributed by atoms with Gasteiger partial charge in [0, 0.05) is 25.5 Å². The average molecular weight is 416 g/mol. The molecular formula is C21H23F3N6. The molecule has 0 atom stereocenters. The quantitative estimate of drug-likeness (QED) is 0.491. The Bertz CT molecular complexity index is 1020. The van der Waals surface area contributed by atoms with Crippen LogP contribution in [0.4, 0.5) is 13.2 Å². The Morgan fingerprint density at radius 1 is 1.07 bits per heavy atom. The van der Waals surface area contributed by atoms with Crippen molar-refractivity contribution in [2.45, 2.75) is 33.1 Å². The van der Waals surface area contributed by atoms with Crippen LogP contribution < -0.4 is 10.6 Å². The number of hydrogen-bond acceptors (Lipinski definition) is 3. The molecule has 2 N–H and O–H groups in total. The second-order valence-electron chi connectivity index (χ2n) is 6.78. The SMILES string of the molecule is CN=C(NCc1ccccn1)NCc1ccc(-n2nc(C)cc2C)cc1C(F)(F)F. The average Bonchev–Trinajstić information content (AvgIpc) is 3.06. The summed E-state index contributed by atoms with van der Waals surface area (Å²) in [5.74, 6) is 0.386. The summed E-state index contributed by atoms with van der Waals surface area (Å²) in [6.07, 6.45) is -2.82. The van der Waals surface area contributed by atoms with Gasteiger partial charge in [0.05, 0.1) is 29.2 Å². The Balaban J connectivity index is 1.77. The maximum absolute atomic E-state index is 13.7. The topological polar surface area (TPSA) is 67.1 Å². The summed E-state index contributed by atoms with van der Waals surface area (Å²) in [4.78, 5) is 8.26. The predicted molar refractivity (Wildman–Crippen MR) is 109 cm³/mol. The number of halogens is 3. The molecule has 158 valence electrons. The number of guanidine groups is 1. The van der Waals surface area contributed by atoms with Crippen LogP contribution in [0.3, 0.4) is 0 Å². The fraction of sp³-hybridized carbons (Fsp3) is 0.286. The molecule has 0 bridgehead atoms. The third-order valence-corrected chi connectivity index (χ3v) is 4.49. The Morgan fingerprint density at radius 2 is 1.83 bits per heavy atom. The summed E-state index contributed by atoms with van der Waals surface area (Å²) in [6.45, 7) is 3.98. The van der Waals surface area contributed by atoms with E-state index in [1.165, 1.54) is 10.7 Å². The van der Waals surface area contributed by atoms with Gasteiger partial charge in [-0.25, -0.2) is 4.68 Å². The van der Waals surface area contributed by atoms with E-state index in [0.717, 1.165) is 23.1 Å². The summed E-state index contributed by atoms with van der Waals surface area (Å²) >= 11 is 0. The number of nitrogens with one attached hydrogen (secondary N) is 2. The largest absolute Gasteiger partial charge is 0.416 e. The molecule has 2 heterocycles. The van der Waals surface area contributed by atoms with Gasteiger partial charge in [0.15, 0.2) is 5.96 Å². The van der Waals surface area contributed by atoms with Gasteiger partial charge in [-0.05, 0) is 49.7 Å². The molecule has 0 fully saturated rings. The number of alkyl halides is 3. The summed E-state index contributed by atoms with van der Waals surface area (Å²) < 4.78 is 42.7. The molecule has 0 saturated heterocycles. The first-order valence-corrected chi connectivity index (χ1v) is 9.36. The van der Waals surface area contributed by atoms with Crippen LogP contribution in [0.25, 0.3) is 5.69 Å². The Kier molecular flexibility index (Phi) is 6.39. The third kappa shape index (κ3) is 5.16. The molecule has 0 spiro atoms. The van der Waals surface area contributed by atoms with Gasteiger partial charge in [-0.1, -0.05) is 12.1 Å². The first kappa shape index (κ1) is 21.4. The number of aromatic nitrogens is 3. The van der Waals surface area contributed by atoms with Crippen molar-refractivity contribution in [2.24, 2.45) is 4.99 Å². The lowest BCUT2D eigenvalue weighted by atomic mass is 10.1. The lowest BCUT2D eigenvalue weighted by molar-refractivity contribution is -0.138. The molecule has 2 aromatic heterocycles. The fourth-order valence-corrected chi connectivity index (χ4v) is 3.08. The van der Waals surface area contributed by atoms with E-state index >= 15 is 0 Å². The van der Waals surface area contributed by atoms with E-state index in [0.29, 0.717) is 18.2 Å². The molecule has 0 amide bonds. The minimum atomic E-state index is -4.49. The summed E-state index contributed by atoms with van der Waals surface area (Å²) in [5.41, 5.74) is 2.09. The van der Waals surface area contributed by atoms with Crippen LogP contribution in [0.5, 0.6) is 0 Å². The number of rotatable bonds is 5. The van der Waals surface area contributed by atoms with Crippen LogP contribution in [0.15, 0.2) is 53.7 Å². The van der Waals surface area contributed by atoms with Crippen LogP contribution in [0, 0.1) is 13.8 Å². The van der Waals surface area contributed by atoms with Crippen molar-refractivity contribution in [3.05, 3.63) is 76.9 Å². The molecule has 0 aliphatic heterocycles. The highest BCUT2D eigenvalue weighted by Crippen LogP contribution is 2.33. The van der Waals surface area contributed by atoms with Crippen molar-refractivity contribution in [1.82, 2.24) is 25.4 Å². The van der Waals surface area contributed by atoms with Crippen LogP contribution in [-0.4, -0.2) is 27.8 Å². The normalized spacial score (nSPS) is 12.1. The lowest BCUT2D eigenvalue weighted by Gasteiger charge is -2.17. The summed E-state index contributed by atoms with van der Waals surface area (Å²) in [7, 11) is 1.56. The fourth-order valence-electron chi connectivity index (χ4n) is 3.08. The molecule has 6 nitrogen and oxygen atoms in total. The van der Waals surface area contributed by atoms with Crippen molar-refractivity contribution in [1.29, 1.82) is 0 Å². The van der Waals surface area contributed by atoms with Gasteiger partial charge in [-0.3, -0.25) is 9.98 Å². The van der Waals surface area contributed by atoms with Crippen molar-refractivity contribution in [3.63, 3.8) is 0 Å². The van der Waals surface area contributed by atoms with Gasteiger partial charge in [-0.15, -0.1) is 0 Å². The molecule has 0 radical (unpaired) electrons. The second-order valence-corrected chi connectivity index (χ2v) is 6.78. The Morgan fingerprint density at radius 3 is 2.43 bits per heavy atom. The molecule has 3 aromatic rings. The zero-order valence-electron chi connectivity index (χ0n) is 17.0. The predicted octanol–water partition coefficient (Wildman–Crippen LogP) is 3.77. The number of pyridine rings is 1. The Hall–Kier alpha value is -3.36. The molecular weight excluding hydrogens is 393 g/mol. The van der Waals surface area contributed by atoms with Gasteiger partial charge >= 0.3 is 6.18 Å². The van der Waals surface area contributed by atoms with Crippen LogP contribution in [0.1, 0.15) is 28.2 Å². The first-order chi connectivity index (χ1) is 14.3. The van der Waals surface area contributed by atoms with E-state index in [1.807, 2.05) is 24.3 Å². The van der Waals surface area contributed by atoms with E-state index in [1.54, 1.807) is 33.2 Å². The summed E-state index contributed by atoms with van der Waals surface area (Å²) in [5, 5.41) is 10.2. The van der Waals surface area contributed by atoms with Crippen molar-refractivity contribution < 1.29 is 13.2 Å².